The fourth-order valence-corrected chi connectivity index (χ4v) is 1.10. The molecule has 0 saturated carbocycles. The molecule has 0 bridgehead atoms. The summed E-state index contributed by atoms with van der Waals surface area (Å²) < 4.78 is 4.76. The summed E-state index contributed by atoms with van der Waals surface area (Å²) in [7, 11) is 1.56. The Bertz CT molecular complexity index is 134. The van der Waals surface area contributed by atoms with Gasteiger partial charge < -0.3 is 15.0 Å². The van der Waals surface area contributed by atoms with E-state index in [1.807, 2.05) is 0 Å². The topological polar surface area (TPSA) is 41.6 Å². The first kappa shape index (κ1) is 12.2. The van der Waals surface area contributed by atoms with Crippen LogP contribution in [-0.2, 0) is 4.74 Å². The Kier molecular flexibility index (Phi) is 7.39. The first-order valence-electron chi connectivity index (χ1n) is 4.77. The first-order chi connectivity index (χ1) is 6.26. The van der Waals surface area contributed by atoms with E-state index in [-0.39, 0.29) is 12.8 Å². The number of nitrogens with one attached hydrogen (secondary N) is 1. The van der Waals surface area contributed by atoms with Crippen molar-refractivity contribution in [3.63, 3.8) is 0 Å². The van der Waals surface area contributed by atoms with Gasteiger partial charge in [-0.15, -0.1) is 0 Å². The third-order valence-electron chi connectivity index (χ3n) is 1.64. The molecule has 0 unspecified atom stereocenters. The molecule has 0 atom stereocenters. The molecule has 0 aromatic heterocycles. The zero-order valence-corrected chi connectivity index (χ0v) is 8.80. The fraction of sp³-hybridized carbons (Fsp3) is 0.889. The largest absolute Gasteiger partial charge is 0.364 e. The summed E-state index contributed by atoms with van der Waals surface area (Å²) in [5.41, 5.74) is 0. The van der Waals surface area contributed by atoms with Crippen LogP contribution in [0.3, 0.4) is 0 Å². The molecule has 0 aliphatic carbocycles. The van der Waals surface area contributed by atoms with Crippen molar-refractivity contribution in [1.82, 2.24) is 10.2 Å². The molecule has 4 nitrogen and oxygen atoms in total. The molecule has 0 aromatic carbocycles. The Hall–Kier alpha value is -0.770. The van der Waals surface area contributed by atoms with Crippen molar-refractivity contribution in [1.29, 1.82) is 0 Å². The molecule has 2 amide bonds. The van der Waals surface area contributed by atoms with Crippen LogP contribution in [0.1, 0.15) is 26.7 Å². The number of nitrogens with zero attached hydrogens (tertiary/aromatic N) is 1. The highest BCUT2D eigenvalue weighted by atomic mass is 16.5. The van der Waals surface area contributed by atoms with Gasteiger partial charge in [0.25, 0.3) is 0 Å². The van der Waals surface area contributed by atoms with Crippen LogP contribution in [0.25, 0.3) is 0 Å². The summed E-state index contributed by atoms with van der Waals surface area (Å²) in [6, 6.07) is -0.0365. The molecule has 4 heteroatoms. The van der Waals surface area contributed by atoms with E-state index in [1.165, 1.54) is 0 Å². The molecule has 0 rings (SSSR count). The molecule has 0 aliphatic rings. The number of amides is 2. The van der Waals surface area contributed by atoms with Crippen LogP contribution >= 0.6 is 0 Å². The number of methoxy groups -OCH3 is 1. The Morgan fingerprint density at radius 3 is 2.23 bits per heavy atom. The van der Waals surface area contributed by atoms with Crippen LogP contribution in [0.2, 0.25) is 0 Å². The molecular formula is C9H20N2O2. The van der Waals surface area contributed by atoms with Crippen LogP contribution in [-0.4, -0.2) is 37.9 Å². The van der Waals surface area contributed by atoms with E-state index in [9.17, 15) is 4.79 Å². The van der Waals surface area contributed by atoms with Crippen LogP contribution in [0.5, 0.6) is 0 Å². The van der Waals surface area contributed by atoms with Crippen LogP contribution in [0.4, 0.5) is 4.79 Å². The van der Waals surface area contributed by atoms with Gasteiger partial charge in [-0.2, -0.15) is 0 Å². The Morgan fingerprint density at radius 1 is 1.31 bits per heavy atom. The maximum Gasteiger partial charge on any atom is 0.319 e. The Labute approximate surface area is 80.2 Å². The molecule has 0 heterocycles. The highest BCUT2D eigenvalue weighted by Gasteiger charge is 2.09. The Morgan fingerprint density at radius 2 is 1.85 bits per heavy atom. The van der Waals surface area contributed by atoms with Crippen molar-refractivity contribution in [2.75, 3.05) is 26.9 Å². The number of hydrogen-bond donors (Lipinski definition) is 1. The van der Waals surface area contributed by atoms with Gasteiger partial charge in [-0.25, -0.2) is 4.79 Å². The second kappa shape index (κ2) is 7.86. The molecule has 1 N–H and O–H groups in total. The average Bonchev–Trinajstić information content (AvgIpc) is 2.14. The third kappa shape index (κ3) is 5.47. The van der Waals surface area contributed by atoms with E-state index in [4.69, 9.17) is 4.74 Å². The first-order valence-corrected chi connectivity index (χ1v) is 4.77. The monoisotopic (exact) mass is 188 g/mol. The number of ether oxygens (including phenoxy) is 1. The molecule has 0 aromatic rings. The maximum atomic E-state index is 11.4. The average molecular weight is 188 g/mol. The van der Waals surface area contributed by atoms with Gasteiger partial charge in [0, 0.05) is 20.2 Å². The van der Waals surface area contributed by atoms with Gasteiger partial charge in [0.15, 0.2) is 0 Å². The minimum absolute atomic E-state index is 0.0365. The standard InChI is InChI=1S/C9H20N2O2/c1-4-6-11(7-5-2)9(12)10-8-13-3/h4-8H2,1-3H3,(H,10,12). The highest BCUT2D eigenvalue weighted by molar-refractivity contribution is 5.73. The van der Waals surface area contributed by atoms with Crippen molar-refractivity contribution in [3.05, 3.63) is 0 Å². The van der Waals surface area contributed by atoms with Gasteiger partial charge in [-0.05, 0) is 12.8 Å². The zero-order chi connectivity index (χ0) is 10.1. The maximum absolute atomic E-state index is 11.4. The quantitative estimate of drug-likeness (QED) is 0.640. The predicted octanol–water partition coefficient (Wildman–Crippen LogP) is 1.42. The van der Waals surface area contributed by atoms with Crippen LogP contribution < -0.4 is 5.32 Å². The van der Waals surface area contributed by atoms with Gasteiger partial charge in [0.2, 0.25) is 0 Å². The van der Waals surface area contributed by atoms with Gasteiger partial charge in [-0.1, -0.05) is 13.8 Å². The number of hydrogen-bond acceptors (Lipinski definition) is 2. The Balaban J connectivity index is 3.80. The van der Waals surface area contributed by atoms with Crippen LogP contribution in [0, 0.1) is 0 Å². The van der Waals surface area contributed by atoms with E-state index in [1.54, 1.807) is 12.0 Å². The molecule has 0 saturated heterocycles. The predicted molar refractivity (Wildman–Crippen MR) is 52.6 cm³/mol. The smallest absolute Gasteiger partial charge is 0.319 e. The third-order valence-corrected chi connectivity index (χ3v) is 1.64. The lowest BCUT2D eigenvalue weighted by Crippen LogP contribution is -2.41. The molecule has 13 heavy (non-hydrogen) atoms. The second-order valence-corrected chi connectivity index (χ2v) is 2.90. The summed E-state index contributed by atoms with van der Waals surface area (Å²) in [5.74, 6) is 0. The number of carbonyl (C=O) groups excluding carboxylic acids is 1. The molecular weight excluding hydrogens is 168 g/mol. The van der Waals surface area contributed by atoms with Gasteiger partial charge >= 0.3 is 6.03 Å². The number of rotatable bonds is 6. The van der Waals surface area contributed by atoms with E-state index in [2.05, 4.69) is 19.2 Å². The van der Waals surface area contributed by atoms with E-state index in [0.717, 1.165) is 25.9 Å². The zero-order valence-electron chi connectivity index (χ0n) is 8.80. The fourth-order valence-electron chi connectivity index (χ4n) is 1.10. The summed E-state index contributed by atoms with van der Waals surface area (Å²) in [5, 5.41) is 2.67. The number of carbonyl (C=O) groups is 1. The molecule has 0 radical (unpaired) electrons. The molecule has 0 spiro atoms. The van der Waals surface area contributed by atoms with Crippen molar-refractivity contribution < 1.29 is 9.53 Å². The highest BCUT2D eigenvalue weighted by Crippen LogP contribution is 1.94. The second-order valence-electron chi connectivity index (χ2n) is 2.90. The summed E-state index contributed by atoms with van der Waals surface area (Å²) in [4.78, 5) is 13.2. The molecule has 78 valence electrons. The van der Waals surface area contributed by atoms with E-state index < -0.39 is 0 Å². The van der Waals surface area contributed by atoms with Gasteiger partial charge in [-0.3, -0.25) is 0 Å². The molecule has 0 fully saturated rings. The van der Waals surface area contributed by atoms with Gasteiger partial charge in [0.1, 0.15) is 6.73 Å². The van der Waals surface area contributed by atoms with Crippen molar-refractivity contribution in [2.45, 2.75) is 26.7 Å². The lowest BCUT2D eigenvalue weighted by molar-refractivity contribution is 0.153. The van der Waals surface area contributed by atoms with Crippen LogP contribution in [0.15, 0.2) is 0 Å². The molecule has 0 aliphatic heterocycles. The summed E-state index contributed by atoms with van der Waals surface area (Å²) in [6.45, 7) is 6.02. The SMILES string of the molecule is CCCN(CCC)C(=O)NCOC. The minimum Gasteiger partial charge on any atom is -0.364 e. The lowest BCUT2D eigenvalue weighted by Gasteiger charge is -2.21. The van der Waals surface area contributed by atoms with Gasteiger partial charge in [0.05, 0.1) is 0 Å². The normalized spacial score (nSPS) is 9.77. The van der Waals surface area contributed by atoms with E-state index in [0.29, 0.717) is 0 Å². The summed E-state index contributed by atoms with van der Waals surface area (Å²) in [6.07, 6.45) is 1.97. The van der Waals surface area contributed by atoms with E-state index >= 15 is 0 Å². The van der Waals surface area contributed by atoms with Crippen molar-refractivity contribution in [2.24, 2.45) is 0 Å². The minimum atomic E-state index is -0.0365. The summed E-state index contributed by atoms with van der Waals surface area (Å²) >= 11 is 0. The number of urea groups is 1. The van der Waals surface area contributed by atoms with Crippen molar-refractivity contribution >= 4 is 6.03 Å². The van der Waals surface area contributed by atoms with Crippen molar-refractivity contribution in [3.8, 4) is 0 Å². The lowest BCUT2D eigenvalue weighted by atomic mass is 10.4.